The zero-order valence-electron chi connectivity index (χ0n) is 17.6. The van der Waals surface area contributed by atoms with Crippen LogP contribution < -0.4 is 15.4 Å². The fourth-order valence-electron chi connectivity index (χ4n) is 2.92. The van der Waals surface area contributed by atoms with Crippen molar-refractivity contribution in [2.45, 2.75) is 25.9 Å². The number of carbonyl (C=O) groups excluding carboxylic acids is 2. The molecule has 32 heavy (non-hydrogen) atoms. The first-order valence-electron chi connectivity index (χ1n) is 10.3. The molecule has 0 saturated carbocycles. The number of ether oxygens (including phenoxy) is 1. The van der Waals surface area contributed by atoms with E-state index in [2.05, 4.69) is 17.6 Å². The van der Waals surface area contributed by atoms with Crippen molar-refractivity contribution >= 4 is 11.8 Å². The highest BCUT2D eigenvalue weighted by Crippen LogP contribution is 2.18. The van der Waals surface area contributed by atoms with E-state index in [1.807, 2.05) is 0 Å². The van der Waals surface area contributed by atoms with Crippen LogP contribution >= 0.6 is 0 Å². The van der Waals surface area contributed by atoms with Crippen molar-refractivity contribution < 1.29 is 23.1 Å². The van der Waals surface area contributed by atoms with Gasteiger partial charge in [-0.15, -0.1) is 0 Å². The van der Waals surface area contributed by atoms with Crippen molar-refractivity contribution in [1.29, 1.82) is 0 Å². The monoisotopic (exact) mass is 438 g/mol. The number of nitrogens with one attached hydrogen (secondary N) is 2. The molecule has 0 saturated heterocycles. The molecule has 0 fully saturated rings. The maximum absolute atomic E-state index is 13.2. The van der Waals surface area contributed by atoms with Gasteiger partial charge in [-0.05, 0) is 72.6 Å². The standard InChI is InChI=1S/C25H24F2N2O3/c1-2-3-16-32-22-14-8-17(9-15-22)23(28-24(30)18-4-10-20(26)11-5-18)29-25(31)19-6-12-21(27)13-7-19/h4-15,23H,2-3,16H2,1H3,(H,28,30)(H,29,31). The fraction of sp³-hybridized carbons (Fsp3) is 0.200. The summed E-state index contributed by atoms with van der Waals surface area (Å²) in [5.41, 5.74) is 1.10. The number of carbonyl (C=O) groups is 2. The van der Waals surface area contributed by atoms with Crippen LogP contribution in [0, 0.1) is 11.6 Å². The van der Waals surface area contributed by atoms with E-state index in [0.29, 0.717) is 17.9 Å². The van der Waals surface area contributed by atoms with E-state index in [0.717, 1.165) is 12.8 Å². The van der Waals surface area contributed by atoms with Gasteiger partial charge in [-0.2, -0.15) is 0 Å². The summed E-state index contributed by atoms with van der Waals surface area (Å²) in [7, 11) is 0. The van der Waals surface area contributed by atoms with E-state index in [4.69, 9.17) is 4.74 Å². The van der Waals surface area contributed by atoms with Gasteiger partial charge < -0.3 is 15.4 Å². The van der Waals surface area contributed by atoms with Crippen LogP contribution in [0.1, 0.15) is 52.2 Å². The SMILES string of the molecule is CCCCOc1ccc(C(NC(=O)c2ccc(F)cc2)NC(=O)c2ccc(F)cc2)cc1. The quantitative estimate of drug-likeness (QED) is 0.365. The summed E-state index contributed by atoms with van der Waals surface area (Å²) < 4.78 is 32.0. The van der Waals surface area contributed by atoms with Crippen LogP contribution in [0.2, 0.25) is 0 Å². The summed E-state index contributed by atoms with van der Waals surface area (Å²) in [4.78, 5) is 25.4. The lowest BCUT2D eigenvalue weighted by molar-refractivity contribution is 0.0883. The molecule has 5 nitrogen and oxygen atoms in total. The highest BCUT2D eigenvalue weighted by Gasteiger charge is 2.19. The van der Waals surface area contributed by atoms with E-state index in [-0.39, 0.29) is 11.1 Å². The van der Waals surface area contributed by atoms with Gasteiger partial charge in [-0.3, -0.25) is 9.59 Å². The lowest BCUT2D eigenvalue weighted by Gasteiger charge is -2.21. The summed E-state index contributed by atoms with van der Waals surface area (Å²) in [6.45, 7) is 2.67. The Morgan fingerprint density at radius 3 is 1.69 bits per heavy atom. The molecule has 0 radical (unpaired) electrons. The molecule has 0 aliphatic rings. The molecule has 0 aromatic heterocycles. The predicted octanol–water partition coefficient (Wildman–Crippen LogP) is 5.00. The maximum Gasteiger partial charge on any atom is 0.253 e. The van der Waals surface area contributed by atoms with Gasteiger partial charge in [0.2, 0.25) is 0 Å². The van der Waals surface area contributed by atoms with Gasteiger partial charge in [0, 0.05) is 11.1 Å². The lowest BCUT2D eigenvalue weighted by Crippen LogP contribution is -2.41. The first-order chi connectivity index (χ1) is 15.5. The van der Waals surface area contributed by atoms with Crippen molar-refractivity contribution in [2.24, 2.45) is 0 Å². The molecule has 0 spiro atoms. The molecule has 0 unspecified atom stereocenters. The molecular weight excluding hydrogens is 414 g/mol. The van der Waals surface area contributed by atoms with Gasteiger partial charge in [0.1, 0.15) is 23.5 Å². The van der Waals surface area contributed by atoms with Crippen LogP contribution in [0.5, 0.6) is 5.75 Å². The second-order valence-electron chi connectivity index (χ2n) is 7.16. The van der Waals surface area contributed by atoms with Crippen molar-refractivity contribution in [3.8, 4) is 5.75 Å². The van der Waals surface area contributed by atoms with Crippen molar-refractivity contribution in [2.75, 3.05) is 6.61 Å². The Bertz CT molecular complexity index is 977. The second kappa shape index (κ2) is 11.0. The lowest BCUT2D eigenvalue weighted by atomic mass is 10.1. The van der Waals surface area contributed by atoms with Crippen LogP contribution in [0.25, 0.3) is 0 Å². The molecule has 0 aliphatic carbocycles. The van der Waals surface area contributed by atoms with E-state index in [1.54, 1.807) is 24.3 Å². The van der Waals surface area contributed by atoms with Gasteiger partial charge in [0.05, 0.1) is 6.61 Å². The topological polar surface area (TPSA) is 67.4 Å². The summed E-state index contributed by atoms with van der Waals surface area (Å²) in [5, 5.41) is 5.49. The highest BCUT2D eigenvalue weighted by atomic mass is 19.1. The summed E-state index contributed by atoms with van der Waals surface area (Å²) in [6, 6.07) is 17.1. The van der Waals surface area contributed by atoms with Gasteiger partial charge in [0.25, 0.3) is 11.8 Å². The average Bonchev–Trinajstić information content (AvgIpc) is 2.80. The third-order valence-electron chi connectivity index (χ3n) is 4.74. The molecule has 7 heteroatoms. The Balaban J connectivity index is 1.79. The molecule has 2 N–H and O–H groups in total. The third kappa shape index (κ3) is 6.38. The van der Waals surface area contributed by atoms with Gasteiger partial charge in [-0.1, -0.05) is 25.5 Å². The number of hydrogen-bond donors (Lipinski definition) is 2. The van der Waals surface area contributed by atoms with Gasteiger partial charge >= 0.3 is 0 Å². The zero-order valence-corrected chi connectivity index (χ0v) is 17.6. The first kappa shape index (κ1) is 22.9. The predicted molar refractivity (Wildman–Crippen MR) is 117 cm³/mol. The summed E-state index contributed by atoms with van der Waals surface area (Å²) in [6.07, 6.45) is 1.08. The Kier molecular flexibility index (Phi) is 7.91. The first-order valence-corrected chi connectivity index (χ1v) is 10.3. The highest BCUT2D eigenvalue weighted by molar-refractivity contribution is 5.96. The zero-order chi connectivity index (χ0) is 22.9. The summed E-state index contributed by atoms with van der Waals surface area (Å²) >= 11 is 0. The van der Waals surface area contributed by atoms with Crippen molar-refractivity contribution in [3.63, 3.8) is 0 Å². The van der Waals surface area contributed by atoms with Crippen molar-refractivity contribution in [1.82, 2.24) is 10.6 Å². The van der Waals surface area contributed by atoms with Gasteiger partial charge in [-0.25, -0.2) is 8.78 Å². The molecule has 3 aromatic rings. The fourth-order valence-corrected chi connectivity index (χ4v) is 2.92. The number of unbranched alkanes of at least 4 members (excludes halogenated alkanes) is 1. The molecule has 3 aromatic carbocycles. The largest absolute Gasteiger partial charge is 0.494 e. The van der Waals surface area contributed by atoms with Crippen LogP contribution in [0.4, 0.5) is 8.78 Å². The Morgan fingerprint density at radius 1 is 0.781 bits per heavy atom. The van der Waals surface area contributed by atoms with E-state index >= 15 is 0 Å². The number of rotatable bonds is 9. The smallest absolute Gasteiger partial charge is 0.253 e. The Labute approximate surface area is 185 Å². The summed E-state index contributed by atoms with van der Waals surface area (Å²) in [5.74, 6) is -1.21. The van der Waals surface area contributed by atoms with Crippen LogP contribution in [0.15, 0.2) is 72.8 Å². The van der Waals surface area contributed by atoms with Gasteiger partial charge in [0.15, 0.2) is 0 Å². The maximum atomic E-state index is 13.2. The molecule has 0 bridgehead atoms. The molecule has 166 valence electrons. The van der Waals surface area contributed by atoms with Crippen molar-refractivity contribution in [3.05, 3.63) is 101 Å². The number of amides is 2. The van der Waals surface area contributed by atoms with E-state index in [1.165, 1.54) is 48.5 Å². The normalized spacial score (nSPS) is 10.6. The average molecular weight is 438 g/mol. The Morgan fingerprint density at radius 2 is 1.25 bits per heavy atom. The number of halogens is 2. The molecule has 0 heterocycles. The van der Waals surface area contributed by atoms with E-state index < -0.39 is 29.6 Å². The van der Waals surface area contributed by atoms with E-state index in [9.17, 15) is 18.4 Å². The molecule has 2 amide bonds. The molecular formula is C25H24F2N2O3. The Hall–Kier alpha value is -3.74. The number of hydrogen-bond acceptors (Lipinski definition) is 3. The molecule has 0 atom stereocenters. The van der Waals surface area contributed by atoms with Crippen LogP contribution in [-0.4, -0.2) is 18.4 Å². The van der Waals surface area contributed by atoms with Crippen LogP contribution in [-0.2, 0) is 0 Å². The molecule has 0 aliphatic heterocycles. The van der Waals surface area contributed by atoms with Crippen LogP contribution in [0.3, 0.4) is 0 Å². The number of benzene rings is 3. The molecule has 3 rings (SSSR count). The minimum absolute atomic E-state index is 0.243. The minimum Gasteiger partial charge on any atom is -0.494 e. The third-order valence-corrected chi connectivity index (χ3v) is 4.74. The minimum atomic E-state index is -0.880. The second-order valence-corrected chi connectivity index (χ2v) is 7.16.